The van der Waals surface area contributed by atoms with E-state index in [2.05, 4.69) is 15.5 Å². The zero-order valence-electron chi connectivity index (χ0n) is 11.9. The maximum absolute atomic E-state index is 12.3. The standard InChI is InChI=1S/C13H21N5OS/c1-17-13(14-15-16-17)20-9-12(19)18-7-6-10-4-2-3-5-11(10)8-18/h10-11H,2-9H2,1H3/t10-,11-/m0/s1. The van der Waals surface area contributed by atoms with Crippen LogP contribution in [0.2, 0.25) is 0 Å². The predicted molar refractivity (Wildman–Crippen MR) is 76.2 cm³/mol. The van der Waals surface area contributed by atoms with Crippen molar-refractivity contribution in [2.24, 2.45) is 18.9 Å². The number of aromatic nitrogens is 4. The number of carbonyl (C=O) groups is 1. The molecule has 2 atom stereocenters. The number of hydrogen-bond donors (Lipinski definition) is 0. The zero-order valence-corrected chi connectivity index (χ0v) is 12.7. The molecule has 0 radical (unpaired) electrons. The molecule has 2 aliphatic rings. The molecular weight excluding hydrogens is 274 g/mol. The van der Waals surface area contributed by atoms with Crippen LogP contribution in [0.25, 0.3) is 0 Å². The van der Waals surface area contributed by atoms with Gasteiger partial charge >= 0.3 is 0 Å². The fraction of sp³-hybridized carbons (Fsp3) is 0.846. The molecule has 6 nitrogen and oxygen atoms in total. The van der Waals surface area contributed by atoms with Crippen LogP contribution in [-0.4, -0.2) is 49.9 Å². The Kier molecular flexibility index (Phi) is 4.24. The lowest BCUT2D eigenvalue weighted by Crippen LogP contribution is -2.45. The van der Waals surface area contributed by atoms with Gasteiger partial charge in [-0.05, 0) is 35.1 Å². The van der Waals surface area contributed by atoms with Crippen molar-refractivity contribution in [1.82, 2.24) is 25.1 Å². The van der Waals surface area contributed by atoms with Gasteiger partial charge in [-0.15, -0.1) is 5.10 Å². The molecule has 7 heteroatoms. The van der Waals surface area contributed by atoms with E-state index in [0.29, 0.717) is 10.9 Å². The highest BCUT2D eigenvalue weighted by Gasteiger charge is 2.32. The van der Waals surface area contributed by atoms with Crippen LogP contribution in [0.1, 0.15) is 32.1 Å². The minimum absolute atomic E-state index is 0.224. The van der Waals surface area contributed by atoms with Crippen molar-refractivity contribution in [3.8, 4) is 0 Å². The minimum Gasteiger partial charge on any atom is -0.342 e. The molecule has 1 saturated carbocycles. The number of carbonyl (C=O) groups excluding carboxylic acids is 1. The number of fused-ring (bicyclic) bond motifs is 1. The second-order valence-electron chi connectivity index (χ2n) is 5.81. The Labute approximate surface area is 123 Å². The summed E-state index contributed by atoms with van der Waals surface area (Å²) in [6.45, 7) is 1.89. The Hall–Kier alpha value is -1.11. The molecule has 2 heterocycles. The first kappa shape index (κ1) is 13.9. The SMILES string of the molecule is Cn1nnnc1SCC(=O)N1CC[C@@H]2CCCC[C@H]2C1. The zero-order chi connectivity index (χ0) is 13.9. The van der Waals surface area contributed by atoms with Crippen LogP contribution in [0.15, 0.2) is 5.16 Å². The van der Waals surface area contributed by atoms with Crippen LogP contribution in [0.4, 0.5) is 0 Å². The monoisotopic (exact) mass is 295 g/mol. The molecule has 1 aromatic rings. The highest BCUT2D eigenvalue weighted by atomic mass is 32.2. The molecule has 1 amide bonds. The van der Waals surface area contributed by atoms with Crippen LogP contribution in [-0.2, 0) is 11.8 Å². The molecule has 1 aliphatic carbocycles. The third-order valence-electron chi connectivity index (χ3n) is 4.55. The van der Waals surface area contributed by atoms with Crippen molar-refractivity contribution in [1.29, 1.82) is 0 Å². The second kappa shape index (κ2) is 6.11. The Morgan fingerprint density at radius 2 is 2.10 bits per heavy atom. The smallest absolute Gasteiger partial charge is 0.233 e. The lowest BCUT2D eigenvalue weighted by atomic mass is 9.75. The summed E-state index contributed by atoms with van der Waals surface area (Å²) in [5.41, 5.74) is 0. The fourth-order valence-corrected chi connectivity index (χ4v) is 4.14. The number of piperidine rings is 1. The average molecular weight is 295 g/mol. The summed E-state index contributed by atoms with van der Waals surface area (Å²) in [5.74, 6) is 2.26. The number of amides is 1. The number of nitrogens with zero attached hydrogens (tertiary/aromatic N) is 5. The van der Waals surface area contributed by atoms with Gasteiger partial charge in [0.25, 0.3) is 0 Å². The van der Waals surface area contributed by atoms with E-state index in [1.54, 1.807) is 11.7 Å². The molecule has 0 bridgehead atoms. The number of tetrazole rings is 1. The molecule has 2 fully saturated rings. The first-order valence-corrected chi connectivity index (χ1v) is 8.35. The molecule has 0 unspecified atom stereocenters. The van der Waals surface area contributed by atoms with Crippen molar-refractivity contribution >= 4 is 17.7 Å². The maximum Gasteiger partial charge on any atom is 0.233 e. The predicted octanol–water partition coefficient (Wildman–Crippen LogP) is 1.34. The van der Waals surface area contributed by atoms with Gasteiger partial charge in [0.1, 0.15) is 0 Å². The Bertz CT molecular complexity index is 477. The highest BCUT2D eigenvalue weighted by Crippen LogP contribution is 2.36. The van der Waals surface area contributed by atoms with Crippen LogP contribution in [0.3, 0.4) is 0 Å². The Morgan fingerprint density at radius 1 is 1.30 bits per heavy atom. The number of aryl methyl sites for hydroxylation is 1. The normalized spacial score (nSPS) is 26.4. The van der Waals surface area contributed by atoms with E-state index in [1.807, 2.05) is 4.90 Å². The topological polar surface area (TPSA) is 63.9 Å². The van der Waals surface area contributed by atoms with E-state index in [-0.39, 0.29) is 5.91 Å². The summed E-state index contributed by atoms with van der Waals surface area (Å²) in [6.07, 6.45) is 6.57. The number of thioether (sulfide) groups is 1. The van der Waals surface area contributed by atoms with Crippen molar-refractivity contribution < 1.29 is 4.79 Å². The molecule has 110 valence electrons. The van der Waals surface area contributed by atoms with E-state index in [1.165, 1.54) is 43.9 Å². The number of hydrogen-bond acceptors (Lipinski definition) is 5. The molecule has 20 heavy (non-hydrogen) atoms. The summed E-state index contributed by atoms with van der Waals surface area (Å²) in [4.78, 5) is 14.4. The maximum atomic E-state index is 12.3. The van der Waals surface area contributed by atoms with E-state index >= 15 is 0 Å². The van der Waals surface area contributed by atoms with Crippen LogP contribution in [0.5, 0.6) is 0 Å². The van der Waals surface area contributed by atoms with Crippen LogP contribution < -0.4 is 0 Å². The van der Waals surface area contributed by atoms with Gasteiger partial charge in [0.05, 0.1) is 5.75 Å². The number of likely N-dealkylation sites (tertiary alicyclic amines) is 1. The molecule has 1 saturated heterocycles. The van der Waals surface area contributed by atoms with Crippen molar-refractivity contribution in [3.63, 3.8) is 0 Å². The fourth-order valence-electron chi connectivity index (χ4n) is 3.39. The van der Waals surface area contributed by atoms with E-state index < -0.39 is 0 Å². The largest absolute Gasteiger partial charge is 0.342 e. The summed E-state index contributed by atoms with van der Waals surface area (Å²) in [5, 5.41) is 11.9. The molecule has 0 spiro atoms. The van der Waals surface area contributed by atoms with Gasteiger partial charge in [-0.2, -0.15) is 0 Å². The first-order valence-electron chi connectivity index (χ1n) is 7.37. The van der Waals surface area contributed by atoms with Gasteiger partial charge in [-0.1, -0.05) is 31.0 Å². The second-order valence-corrected chi connectivity index (χ2v) is 6.75. The lowest BCUT2D eigenvalue weighted by molar-refractivity contribution is -0.131. The molecule has 1 aromatic heterocycles. The summed E-state index contributed by atoms with van der Waals surface area (Å²) in [7, 11) is 1.79. The van der Waals surface area contributed by atoms with Gasteiger partial charge < -0.3 is 4.90 Å². The van der Waals surface area contributed by atoms with Gasteiger partial charge in [0.15, 0.2) is 0 Å². The average Bonchev–Trinajstić information content (AvgIpc) is 2.89. The quantitative estimate of drug-likeness (QED) is 0.787. The van der Waals surface area contributed by atoms with Crippen LogP contribution >= 0.6 is 11.8 Å². The van der Waals surface area contributed by atoms with E-state index in [0.717, 1.165) is 24.9 Å². The summed E-state index contributed by atoms with van der Waals surface area (Å²) >= 11 is 1.42. The third-order valence-corrected chi connectivity index (χ3v) is 5.55. The third kappa shape index (κ3) is 2.97. The molecule has 3 rings (SSSR count). The van der Waals surface area contributed by atoms with E-state index in [9.17, 15) is 4.79 Å². The van der Waals surface area contributed by atoms with E-state index in [4.69, 9.17) is 0 Å². The van der Waals surface area contributed by atoms with Gasteiger partial charge in [0, 0.05) is 20.1 Å². The molecular formula is C13H21N5OS. The number of rotatable bonds is 3. The molecule has 0 N–H and O–H groups in total. The van der Waals surface area contributed by atoms with Gasteiger partial charge in [0.2, 0.25) is 11.1 Å². The Morgan fingerprint density at radius 3 is 2.85 bits per heavy atom. The van der Waals surface area contributed by atoms with Crippen LogP contribution in [0, 0.1) is 11.8 Å². The van der Waals surface area contributed by atoms with Crippen molar-refractivity contribution in [2.45, 2.75) is 37.3 Å². The van der Waals surface area contributed by atoms with Gasteiger partial charge in [-0.3, -0.25) is 4.79 Å². The summed E-state index contributed by atoms with van der Waals surface area (Å²) < 4.78 is 1.60. The minimum atomic E-state index is 0.224. The summed E-state index contributed by atoms with van der Waals surface area (Å²) in [6, 6.07) is 0. The lowest BCUT2D eigenvalue weighted by Gasteiger charge is -2.41. The van der Waals surface area contributed by atoms with Crippen molar-refractivity contribution in [3.05, 3.63) is 0 Å². The first-order chi connectivity index (χ1) is 9.74. The molecule has 0 aromatic carbocycles. The van der Waals surface area contributed by atoms with Crippen molar-refractivity contribution in [2.75, 3.05) is 18.8 Å². The molecule has 1 aliphatic heterocycles. The highest BCUT2D eigenvalue weighted by molar-refractivity contribution is 7.99. The Balaban J connectivity index is 1.51. The van der Waals surface area contributed by atoms with Gasteiger partial charge in [-0.25, -0.2) is 4.68 Å².